The Morgan fingerprint density at radius 1 is 1.21 bits per heavy atom. The number of likely N-dealkylation sites (N-methyl/N-ethyl adjacent to an activating group) is 1. The Hall–Kier alpha value is -2.50. The van der Waals surface area contributed by atoms with Gasteiger partial charge in [-0.2, -0.15) is 17.5 Å². The van der Waals surface area contributed by atoms with Gasteiger partial charge < -0.3 is 10.4 Å². The number of hydrogen-bond donors (Lipinski definition) is 2. The molecule has 0 spiro atoms. The van der Waals surface area contributed by atoms with Crippen molar-refractivity contribution in [2.24, 2.45) is 0 Å². The number of sulfonamides is 1. The number of aromatic nitrogens is 1. The van der Waals surface area contributed by atoms with Crippen molar-refractivity contribution in [1.29, 1.82) is 0 Å². The Balaban J connectivity index is 0.000000370. The molecule has 0 unspecified atom stereocenters. The van der Waals surface area contributed by atoms with E-state index in [0.29, 0.717) is 11.4 Å². The normalized spacial score (nSPS) is 16.9. The summed E-state index contributed by atoms with van der Waals surface area (Å²) >= 11 is 0. The highest BCUT2D eigenvalue weighted by atomic mass is 32.2. The first-order chi connectivity index (χ1) is 13.5. The molecule has 1 fully saturated rings. The van der Waals surface area contributed by atoms with Crippen LogP contribution in [0.1, 0.15) is 6.42 Å². The van der Waals surface area contributed by atoms with Gasteiger partial charge in [-0.05, 0) is 42.3 Å². The van der Waals surface area contributed by atoms with Crippen LogP contribution in [0, 0.1) is 0 Å². The molecule has 1 atom stereocenters. The largest absolute Gasteiger partial charge is 0.490 e. The molecule has 2 aromatic rings. The van der Waals surface area contributed by atoms with E-state index in [9.17, 15) is 21.6 Å². The third-order valence-electron chi connectivity index (χ3n) is 4.32. The van der Waals surface area contributed by atoms with E-state index in [1.165, 1.54) is 4.31 Å². The second kappa shape index (κ2) is 9.33. The summed E-state index contributed by atoms with van der Waals surface area (Å²) in [6.07, 6.45) is -0.754. The Morgan fingerprint density at radius 3 is 2.28 bits per heavy atom. The topological polar surface area (TPSA) is 99.6 Å². The second-order valence-electron chi connectivity index (χ2n) is 6.24. The van der Waals surface area contributed by atoms with Crippen LogP contribution in [0.3, 0.4) is 0 Å². The molecule has 0 amide bonds. The Kier molecular flexibility index (Phi) is 7.33. The molecule has 1 aliphatic rings. The molecule has 0 radical (unpaired) electrons. The summed E-state index contributed by atoms with van der Waals surface area (Å²) in [6, 6.07) is 10.8. The van der Waals surface area contributed by atoms with Crippen LogP contribution in [0.15, 0.2) is 53.7 Å². The summed E-state index contributed by atoms with van der Waals surface area (Å²) in [7, 11) is -1.79. The van der Waals surface area contributed by atoms with Gasteiger partial charge >= 0.3 is 12.1 Å². The van der Waals surface area contributed by atoms with Gasteiger partial charge in [0.1, 0.15) is 0 Å². The van der Waals surface area contributed by atoms with Crippen LogP contribution >= 0.6 is 0 Å². The molecule has 2 N–H and O–H groups in total. The number of halogens is 3. The number of nitrogens with zero attached hydrogens (tertiary/aromatic N) is 2. The van der Waals surface area contributed by atoms with Gasteiger partial charge in [0, 0.05) is 32.0 Å². The number of hydrogen-bond acceptors (Lipinski definition) is 5. The van der Waals surface area contributed by atoms with Gasteiger partial charge in [0.25, 0.3) is 0 Å². The van der Waals surface area contributed by atoms with Gasteiger partial charge in [-0.3, -0.25) is 4.98 Å². The van der Waals surface area contributed by atoms with Crippen LogP contribution in [0.25, 0.3) is 11.1 Å². The molecule has 2 heterocycles. The third kappa shape index (κ3) is 5.99. The Bertz CT molecular complexity index is 914. The van der Waals surface area contributed by atoms with Crippen LogP contribution in [0.4, 0.5) is 13.2 Å². The second-order valence-corrected chi connectivity index (χ2v) is 8.23. The quantitative estimate of drug-likeness (QED) is 0.771. The smallest absolute Gasteiger partial charge is 0.475 e. The summed E-state index contributed by atoms with van der Waals surface area (Å²) in [4.78, 5) is 13.3. The van der Waals surface area contributed by atoms with Crippen molar-refractivity contribution in [2.75, 3.05) is 20.1 Å². The van der Waals surface area contributed by atoms with Gasteiger partial charge in [-0.15, -0.1) is 0 Å². The van der Waals surface area contributed by atoms with Crippen molar-refractivity contribution in [2.45, 2.75) is 23.5 Å². The zero-order chi connectivity index (χ0) is 21.7. The highest BCUT2D eigenvalue weighted by Crippen LogP contribution is 2.23. The van der Waals surface area contributed by atoms with Crippen LogP contribution in [-0.2, 0) is 14.8 Å². The summed E-state index contributed by atoms with van der Waals surface area (Å²) in [5, 5.41) is 10.3. The molecule has 7 nitrogen and oxygen atoms in total. The average Bonchev–Trinajstić information content (AvgIpc) is 3.22. The number of nitrogens with one attached hydrogen (secondary N) is 1. The summed E-state index contributed by atoms with van der Waals surface area (Å²) in [5.74, 6) is -2.76. The lowest BCUT2D eigenvalue weighted by atomic mass is 10.1. The van der Waals surface area contributed by atoms with Gasteiger partial charge in [0.05, 0.1) is 4.90 Å². The van der Waals surface area contributed by atoms with Crippen LogP contribution in [0.2, 0.25) is 0 Å². The van der Waals surface area contributed by atoms with E-state index >= 15 is 0 Å². The summed E-state index contributed by atoms with van der Waals surface area (Å²) in [6.45, 7) is 1.58. The molecule has 1 aromatic carbocycles. The molecule has 158 valence electrons. The van der Waals surface area contributed by atoms with Crippen molar-refractivity contribution in [3.05, 3.63) is 48.8 Å². The number of pyridine rings is 1. The average molecular weight is 431 g/mol. The number of carboxylic acid groups (broad SMARTS) is 1. The van der Waals surface area contributed by atoms with Gasteiger partial charge in [-0.25, -0.2) is 13.2 Å². The maximum Gasteiger partial charge on any atom is 0.490 e. The van der Waals surface area contributed by atoms with E-state index in [1.54, 1.807) is 31.6 Å². The van der Waals surface area contributed by atoms with E-state index in [2.05, 4.69) is 10.3 Å². The fraction of sp³-hybridized carbons (Fsp3) is 0.333. The molecule has 0 bridgehead atoms. The Labute approximate surface area is 166 Å². The molecule has 29 heavy (non-hydrogen) atoms. The number of carboxylic acids is 1. The minimum atomic E-state index is -5.08. The molecule has 0 aliphatic carbocycles. The zero-order valence-electron chi connectivity index (χ0n) is 15.4. The van der Waals surface area contributed by atoms with Crippen molar-refractivity contribution in [3.63, 3.8) is 0 Å². The van der Waals surface area contributed by atoms with E-state index in [4.69, 9.17) is 9.90 Å². The Morgan fingerprint density at radius 2 is 1.83 bits per heavy atom. The van der Waals surface area contributed by atoms with Crippen molar-refractivity contribution < 1.29 is 31.5 Å². The molecule has 1 saturated heterocycles. The lowest BCUT2D eigenvalue weighted by molar-refractivity contribution is -0.192. The maximum atomic E-state index is 12.7. The predicted molar refractivity (Wildman–Crippen MR) is 99.6 cm³/mol. The van der Waals surface area contributed by atoms with Gasteiger partial charge in [0.15, 0.2) is 0 Å². The minimum Gasteiger partial charge on any atom is -0.475 e. The number of aliphatic carboxylic acids is 1. The summed E-state index contributed by atoms with van der Waals surface area (Å²) < 4.78 is 58.5. The zero-order valence-corrected chi connectivity index (χ0v) is 16.2. The van der Waals surface area contributed by atoms with Crippen molar-refractivity contribution in [1.82, 2.24) is 14.6 Å². The first kappa shape index (κ1) is 22.8. The van der Waals surface area contributed by atoms with E-state index < -0.39 is 22.2 Å². The van der Waals surface area contributed by atoms with Crippen LogP contribution in [-0.4, -0.2) is 61.1 Å². The lowest BCUT2D eigenvalue weighted by Gasteiger charge is -2.23. The van der Waals surface area contributed by atoms with E-state index in [1.807, 2.05) is 24.3 Å². The molecule has 11 heteroatoms. The number of benzene rings is 1. The maximum absolute atomic E-state index is 12.7. The lowest BCUT2D eigenvalue weighted by Crippen LogP contribution is -2.38. The highest BCUT2D eigenvalue weighted by molar-refractivity contribution is 7.89. The first-order valence-corrected chi connectivity index (χ1v) is 9.97. The van der Waals surface area contributed by atoms with Crippen molar-refractivity contribution in [3.8, 4) is 11.1 Å². The SMILES string of the molecule is CN([C@@H]1CCNC1)S(=O)(=O)c1ccc(-c2cccnc2)cc1.O=C(O)C(F)(F)F. The molecule has 3 rings (SSSR count). The standard InChI is InChI=1S/C16H19N3O2S.C2HF3O2/c1-19(15-8-10-18-12-15)22(20,21)16-6-4-13(5-7-16)14-3-2-9-17-11-14;3-2(4,5)1(6)7/h2-7,9,11,15,18H,8,10,12H2,1H3;(H,6,7)/t15-;/m1./s1. The number of carbonyl (C=O) groups is 1. The molecule has 0 saturated carbocycles. The monoisotopic (exact) mass is 431 g/mol. The number of alkyl halides is 3. The molecular formula is C18H20F3N3O4S. The number of rotatable bonds is 4. The molecule has 1 aromatic heterocycles. The first-order valence-electron chi connectivity index (χ1n) is 8.53. The predicted octanol–water partition coefficient (Wildman–Crippen LogP) is 2.36. The summed E-state index contributed by atoms with van der Waals surface area (Å²) in [5.41, 5.74) is 1.93. The third-order valence-corrected chi connectivity index (χ3v) is 6.24. The van der Waals surface area contributed by atoms with Crippen LogP contribution in [0.5, 0.6) is 0 Å². The van der Waals surface area contributed by atoms with Crippen LogP contribution < -0.4 is 5.32 Å². The highest BCUT2D eigenvalue weighted by Gasteiger charge is 2.38. The van der Waals surface area contributed by atoms with Gasteiger partial charge in [0.2, 0.25) is 10.0 Å². The molecule has 1 aliphatic heterocycles. The van der Waals surface area contributed by atoms with E-state index in [-0.39, 0.29) is 6.04 Å². The fourth-order valence-electron chi connectivity index (χ4n) is 2.67. The van der Waals surface area contributed by atoms with Crippen molar-refractivity contribution >= 4 is 16.0 Å². The van der Waals surface area contributed by atoms with E-state index in [0.717, 1.165) is 24.1 Å². The molecular weight excluding hydrogens is 411 g/mol. The minimum absolute atomic E-state index is 0.0306. The fourth-order valence-corrected chi connectivity index (χ4v) is 4.05. The van der Waals surface area contributed by atoms with Gasteiger partial charge in [-0.1, -0.05) is 18.2 Å².